The molecular weight excluding hydrogens is 355 g/mol. The molecule has 0 saturated carbocycles. The SMILES string of the molecule is COC(=O)c1ccc(Cc2cn(CC3CCNCC3)c3cccc(F)c23)cc1. The van der Waals surface area contributed by atoms with Crippen LogP contribution in [0.5, 0.6) is 0 Å². The predicted molar refractivity (Wildman–Crippen MR) is 108 cm³/mol. The van der Waals surface area contributed by atoms with Gasteiger partial charge in [-0.15, -0.1) is 0 Å². The molecule has 1 saturated heterocycles. The van der Waals surface area contributed by atoms with E-state index in [9.17, 15) is 9.18 Å². The summed E-state index contributed by atoms with van der Waals surface area (Å²) < 4.78 is 21.6. The second-order valence-corrected chi connectivity index (χ2v) is 7.50. The minimum atomic E-state index is -0.351. The molecule has 2 aromatic carbocycles. The summed E-state index contributed by atoms with van der Waals surface area (Å²) in [5.74, 6) is 0.0891. The van der Waals surface area contributed by atoms with Gasteiger partial charge in [-0.2, -0.15) is 0 Å². The van der Waals surface area contributed by atoms with Crippen LogP contribution in [0, 0.1) is 11.7 Å². The average Bonchev–Trinajstić information content (AvgIpc) is 3.07. The minimum Gasteiger partial charge on any atom is -0.465 e. The van der Waals surface area contributed by atoms with Gasteiger partial charge in [0.05, 0.1) is 18.2 Å². The maximum Gasteiger partial charge on any atom is 0.337 e. The zero-order valence-electron chi connectivity index (χ0n) is 16.1. The normalized spacial score (nSPS) is 15.1. The molecule has 0 unspecified atom stereocenters. The van der Waals surface area contributed by atoms with Crippen molar-refractivity contribution in [2.24, 2.45) is 5.92 Å². The van der Waals surface area contributed by atoms with Crippen molar-refractivity contribution in [3.8, 4) is 0 Å². The largest absolute Gasteiger partial charge is 0.465 e. The van der Waals surface area contributed by atoms with Crippen LogP contribution in [0.25, 0.3) is 10.9 Å². The number of carbonyl (C=O) groups excluding carboxylic acids is 1. The number of methoxy groups -OCH3 is 1. The Labute approximate surface area is 164 Å². The summed E-state index contributed by atoms with van der Waals surface area (Å²) in [4.78, 5) is 11.6. The summed E-state index contributed by atoms with van der Waals surface area (Å²) in [6.45, 7) is 3.03. The number of nitrogens with zero attached hydrogens (tertiary/aromatic N) is 1. The van der Waals surface area contributed by atoms with E-state index in [1.54, 1.807) is 18.2 Å². The van der Waals surface area contributed by atoms with Crippen molar-refractivity contribution in [2.75, 3.05) is 20.2 Å². The lowest BCUT2D eigenvalue weighted by Crippen LogP contribution is -2.29. The number of halogens is 1. The van der Waals surface area contributed by atoms with Gasteiger partial charge in [0.2, 0.25) is 0 Å². The first-order valence-corrected chi connectivity index (χ1v) is 9.80. The fourth-order valence-electron chi connectivity index (χ4n) is 4.12. The van der Waals surface area contributed by atoms with Crippen LogP contribution in [0.3, 0.4) is 0 Å². The second-order valence-electron chi connectivity index (χ2n) is 7.50. The van der Waals surface area contributed by atoms with Crippen molar-refractivity contribution in [2.45, 2.75) is 25.8 Å². The molecule has 146 valence electrons. The molecule has 0 aliphatic carbocycles. The summed E-state index contributed by atoms with van der Waals surface area (Å²) in [6.07, 6.45) is 5.03. The molecule has 0 amide bonds. The minimum absolute atomic E-state index is 0.178. The van der Waals surface area contributed by atoms with Gasteiger partial charge in [0.15, 0.2) is 0 Å². The lowest BCUT2D eigenvalue weighted by molar-refractivity contribution is 0.0600. The number of carbonyl (C=O) groups is 1. The van der Waals surface area contributed by atoms with Gasteiger partial charge >= 0.3 is 5.97 Å². The molecule has 4 nitrogen and oxygen atoms in total. The number of piperidine rings is 1. The Morgan fingerprint density at radius 3 is 2.64 bits per heavy atom. The molecule has 0 atom stereocenters. The second kappa shape index (κ2) is 8.15. The van der Waals surface area contributed by atoms with Crippen molar-refractivity contribution in [3.05, 3.63) is 71.2 Å². The zero-order valence-corrected chi connectivity index (χ0v) is 16.1. The van der Waals surface area contributed by atoms with Crippen molar-refractivity contribution in [3.63, 3.8) is 0 Å². The number of esters is 1. The predicted octanol–water partition coefficient (Wildman–Crippen LogP) is 4.16. The van der Waals surface area contributed by atoms with Gasteiger partial charge in [-0.1, -0.05) is 18.2 Å². The third-order valence-electron chi connectivity index (χ3n) is 5.62. The van der Waals surface area contributed by atoms with E-state index in [2.05, 4.69) is 16.1 Å². The van der Waals surface area contributed by atoms with Crippen LogP contribution in [-0.4, -0.2) is 30.7 Å². The van der Waals surface area contributed by atoms with Crippen molar-refractivity contribution >= 4 is 16.9 Å². The Morgan fingerprint density at radius 1 is 1.18 bits per heavy atom. The Bertz CT molecular complexity index is 972. The summed E-state index contributed by atoms with van der Waals surface area (Å²) >= 11 is 0. The third kappa shape index (κ3) is 3.80. The molecule has 1 aromatic heterocycles. The van der Waals surface area contributed by atoms with Crippen LogP contribution >= 0.6 is 0 Å². The average molecular weight is 380 g/mol. The van der Waals surface area contributed by atoms with E-state index in [1.807, 2.05) is 18.2 Å². The summed E-state index contributed by atoms with van der Waals surface area (Å²) in [7, 11) is 1.37. The standard InChI is InChI=1S/C23H25FN2O2/c1-28-23(27)18-7-5-16(6-8-18)13-19-15-26(14-17-9-11-25-12-10-17)21-4-2-3-20(24)22(19)21/h2-8,15,17,25H,9-14H2,1H3. The number of ether oxygens (including phenoxy) is 1. The van der Waals surface area contributed by atoms with Gasteiger partial charge in [-0.3, -0.25) is 0 Å². The highest BCUT2D eigenvalue weighted by Gasteiger charge is 2.18. The number of aromatic nitrogens is 1. The highest BCUT2D eigenvalue weighted by molar-refractivity contribution is 5.89. The zero-order chi connectivity index (χ0) is 19.5. The van der Waals surface area contributed by atoms with Crippen LogP contribution in [0.1, 0.15) is 34.3 Å². The van der Waals surface area contributed by atoms with Crippen LogP contribution in [0.15, 0.2) is 48.7 Å². The summed E-state index contributed by atoms with van der Waals surface area (Å²) in [6, 6.07) is 12.6. The van der Waals surface area contributed by atoms with Crippen LogP contribution < -0.4 is 5.32 Å². The fourth-order valence-corrected chi connectivity index (χ4v) is 4.12. The smallest absolute Gasteiger partial charge is 0.337 e. The molecule has 4 rings (SSSR count). The third-order valence-corrected chi connectivity index (χ3v) is 5.62. The number of hydrogen-bond acceptors (Lipinski definition) is 3. The molecule has 1 aliphatic heterocycles. The van der Waals surface area contributed by atoms with E-state index in [0.29, 0.717) is 23.3 Å². The van der Waals surface area contributed by atoms with E-state index in [0.717, 1.165) is 49.1 Å². The molecule has 3 aromatic rings. The topological polar surface area (TPSA) is 43.3 Å². The van der Waals surface area contributed by atoms with E-state index in [1.165, 1.54) is 13.2 Å². The molecular formula is C23H25FN2O2. The van der Waals surface area contributed by atoms with Gasteiger partial charge in [0, 0.05) is 18.1 Å². The Morgan fingerprint density at radius 2 is 1.93 bits per heavy atom. The molecule has 0 radical (unpaired) electrons. The lowest BCUT2D eigenvalue weighted by Gasteiger charge is -2.23. The van der Waals surface area contributed by atoms with Gasteiger partial charge < -0.3 is 14.6 Å². The number of hydrogen-bond donors (Lipinski definition) is 1. The maximum atomic E-state index is 14.7. The quantitative estimate of drug-likeness (QED) is 0.676. The number of fused-ring (bicyclic) bond motifs is 1. The number of benzene rings is 2. The van der Waals surface area contributed by atoms with Gasteiger partial charge in [0.25, 0.3) is 0 Å². The number of rotatable bonds is 5. The van der Waals surface area contributed by atoms with Crippen molar-refractivity contribution < 1.29 is 13.9 Å². The monoisotopic (exact) mass is 380 g/mol. The Kier molecular flexibility index (Phi) is 5.44. The molecule has 1 N–H and O–H groups in total. The van der Waals surface area contributed by atoms with Crippen molar-refractivity contribution in [1.82, 2.24) is 9.88 Å². The summed E-state index contributed by atoms with van der Waals surface area (Å²) in [5.41, 5.74) is 3.50. The first-order valence-electron chi connectivity index (χ1n) is 9.80. The van der Waals surface area contributed by atoms with Crippen molar-refractivity contribution in [1.29, 1.82) is 0 Å². The molecule has 0 spiro atoms. The van der Waals surface area contributed by atoms with Crippen LogP contribution in [0.4, 0.5) is 4.39 Å². The van der Waals surface area contributed by atoms with Gasteiger partial charge in [0.1, 0.15) is 5.82 Å². The molecule has 5 heteroatoms. The first-order chi connectivity index (χ1) is 13.7. The summed E-state index contributed by atoms with van der Waals surface area (Å²) in [5, 5.41) is 4.10. The van der Waals surface area contributed by atoms with Crippen LogP contribution in [-0.2, 0) is 17.7 Å². The highest BCUT2D eigenvalue weighted by atomic mass is 19.1. The van der Waals surface area contributed by atoms with E-state index >= 15 is 0 Å². The fraction of sp³-hybridized carbons (Fsp3) is 0.348. The first kappa shape index (κ1) is 18.7. The van der Waals surface area contributed by atoms with E-state index in [-0.39, 0.29) is 11.8 Å². The molecule has 28 heavy (non-hydrogen) atoms. The molecule has 0 bridgehead atoms. The molecule has 1 fully saturated rings. The highest BCUT2D eigenvalue weighted by Crippen LogP contribution is 2.28. The number of nitrogens with one attached hydrogen (secondary N) is 1. The Hall–Kier alpha value is -2.66. The molecule has 2 heterocycles. The van der Waals surface area contributed by atoms with Crippen LogP contribution in [0.2, 0.25) is 0 Å². The Balaban J connectivity index is 1.63. The maximum absolute atomic E-state index is 14.7. The molecule has 1 aliphatic rings. The van der Waals surface area contributed by atoms with E-state index < -0.39 is 0 Å². The van der Waals surface area contributed by atoms with Gasteiger partial charge in [-0.05, 0) is 73.7 Å². The van der Waals surface area contributed by atoms with E-state index in [4.69, 9.17) is 4.74 Å². The van der Waals surface area contributed by atoms with Gasteiger partial charge in [-0.25, -0.2) is 9.18 Å². The lowest BCUT2D eigenvalue weighted by atomic mass is 9.98.